The molecule has 3 aromatic rings. The van der Waals surface area contributed by atoms with Gasteiger partial charge in [-0.3, -0.25) is 9.59 Å². The van der Waals surface area contributed by atoms with E-state index >= 15 is 0 Å². The van der Waals surface area contributed by atoms with Crippen LogP contribution in [0.2, 0.25) is 0 Å². The van der Waals surface area contributed by atoms with Crippen molar-refractivity contribution in [3.05, 3.63) is 100 Å². The standard InChI is InChI=1S/C32H39BrN2O3/c1-6-23(2)34-31(37)29(20-24-10-8-7-9-11-24)35(21-25-12-16-27(33)17-13-25)30(36)22-38-28-18-14-26(15-19-28)32(3,4)5/h7-19,23,29H,6,20-22H2,1-5H3,(H,34,37)/t23-,29-/m0/s1. The van der Waals surface area contributed by atoms with E-state index in [0.717, 1.165) is 22.0 Å². The lowest BCUT2D eigenvalue weighted by Crippen LogP contribution is -2.53. The minimum absolute atomic E-state index is 0.00277. The van der Waals surface area contributed by atoms with Crippen molar-refractivity contribution >= 4 is 27.7 Å². The number of hydrogen-bond acceptors (Lipinski definition) is 3. The summed E-state index contributed by atoms with van der Waals surface area (Å²) in [5.74, 6) is 0.217. The van der Waals surface area contributed by atoms with E-state index < -0.39 is 6.04 Å². The quantitative estimate of drug-likeness (QED) is 0.276. The van der Waals surface area contributed by atoms with Gasteiger partial charge in [-0.2, -0.15) is 0 Å². The third-order valence-corrected chi connectivity index (χ3v) is 7.15. The first-order chi connectivity index (χ1) is 18.1. The molecule has 1 N–H and O–H groups in total. The Labute approximate surface area is 235 Å². The lowest BCUT2D eigenvalue weighted by atomic mass is 9.87. The summed E-state index contributed by atoms with van der Waals surface area (Å²) in [5.41, 5.74) is 3.15. The number of amides is 2. The molecule has 0 spiro atoms. The van der Waals surface area contributed by atoms with E-state index in [2.05, 4.69) is 42.0 Å². The molecule has 0 saturated heterocycles. The summed E-state index contributed by atoms with van der Waals surface area (Å²) in [6.45, 7) is 10.6. The minimum Gasteiger partial charge on any atom is -0.484 e. The van der Waals surface area contributed by atoms with Crippen LogP contribution in [0.5, 0.6) is 5.75 Å². The van der Waals surface area contributed by atoms with Gasteiger partial charge < -0.3 is 15.0 Å². The first-order valence-corrected chi connectivity index (χ1v) is 14.0. The van der Waals surface area contributed by atoms with Crippen LogP contribution in [0, 0.1) is 0 Å². The Morgan fingerprint density at radius 2 is 1.55 bits per heavy atom. The molecule has 0 heterocycles. The second-order valence-electron chi connectivity index (χ2n) is 10.7. The van der Waals surface area contributed by atoms with E-state index in [9.17, 15) is 9.59 Å². The predicted octanol–water partition coefficient (Wildman–Crippen LogP) is 6.68. The fourth-order valence-corrected chi connectivity index (χ4v) is 4.33. The van der Waals surface area contributed by atoms with Crippen molar-refractivity contribution in [3.63, 3.8) is 0 Å². The molecule has 0 aliphatic rings. The van der Waals surface area contributed by atoms with Gasteiger partial charge in [-0.05, 0) is 59.7 Å². The average molecular weight is 580 g/mol. The Bertz CT molecular complexity index is 1170. The van der Waals surface area contributed by atoms with Crippen LogP contribution in [0.15, 0.2) is 83.3 Å². The number of ether oxygens (including phenoxy) is 1. The summed E-state index contributed by atoms with van der Waals surface area (Å²) in [6.07, 6.45) is 1.21. The van der Waals surface area contributed by atoms with Crippen LogP contribution >= 0.6 is 15.9 Å². The SMILES string of the molecule is CC[C@H](C)NC(=O)[C@H](Cc1ccccc1)N(Cc1ccc(Br)cc1)C(=O)COc1ccc(C(C)(C)C)cc1. The first kappa shape index (κ1) is 29.4. The van der Waals surface area contributed by atoms with E-state index in [1.165, 1.54) is 5.56 Å². The number of hydrogen-bond donors (Lipinski definition) is 1. The average Bonchev–Trinajstić information content (AvgIpc) is 2.90. The van der Waals surface area contributed by atoms with Crippen LogP contribution in [0.4, 0.5) is 0 Å². The zero-order chi connectivity index (χ0) is 27.7. The number of nitrogens with one attached hydrogen (secondary N) is 1. The van der Waals surface area contributed by atoms with Crippen LogP contribution < -0.4 is 10.1 Å². The van der Waals surface area contributed by atoms with E-state index in [0.29, 0.717) is 18.7 Å². The second-order valence-corrected chi connectivity index (χ2v) is 11.7. The topological polar surface area (TPSA) is 58.6 Å². The Morgan fingerprint density at radius 1 is 0.921 bits per heavy atom. The molecule has 0 radical (unpaired) electrons. The van der Waals surface area contributed by atoms with E-state index in [-0.39, 0.29) is 29.9 Å². The molecule has 2 atom stereocenters. The van der Waals surface area contributed by atoms with Gasteiger partial charge in [0, 0.05) is 23.5 Å². The molecule has 0 aromatic heterocycles. The van der Waals surface area contributed by atoms with Crippen molar-refractivity contribution in [2.24, 2.45) is 0 Å². The third-order valence-electron chi connectivity index (χ3n) is 6.62. The molecule has 0 aliphatic carbocycles. The van der Waals surface area contributed by atoms with Crippen molar-refractivity contribution in [3.8, 4) is 5.75 Å². The molecular weight excluding hydrogens is 540 g/mol. The maximum Gasteiger partial charge on any atom is 0.261 e. The highest BCUT2D eigenvalue weighted by Gasteiger charge is 2.31. The largest absolute Gasteiger partial charge is 0.484 e. The highest BCUT2D eigenvalue weighted by molar-refractivity contribution is 9.10. The lowest BCUT2D eigenvalue weighted by Gasteiger charge is -2.32. The Balaban J connectivity index is 1.88. The van der Waals surface area contributed by atoms with Crippen LogP contribution in [0.1, 0.15) is 57.7 Å². The molecule has 38 heavy (non-hydrogen) atoms. The summed E-state index contributed by atoms with van der Waals surface area (Å²) in [5, 5.41) is 3.09. The number of carbonyl (C=O) groups is 2. The van der Waals surface area contributed by atoms with Gasteiger partial charge in [0.2, 0.25) is 5.91 Å². The van der Waals surface area contributed by atoms with Crippen molar-refractivity contribution in [2.75, 3.05) is 6.61 Å². The number of rotatable bonds is 11. The van der Waals surface area contributed by atoms with Gasteiger partial charge in [0.1, 0.15) is 11.8 Å². The maximum atomic E-state index is 13.7. The first-order valence-electron chi connectivity index (χ1n) is 13.2. The van der Waals surface area contributed by atoms with Gasteiger partial charge in [-0.25, -0.2) is 0 Å². The van der Waals surface area contributed by atoms with Gasteiger partial charge >= 0.3 is 0 Å². The molecule has 0 saturated carbocycles. The normalized spacial score (nSPS) is 12.9. The van der Waals surface area contributed by atoms with Gasteiger partial charge in [0.25, 0.3) is 5.91 Å². The zero-order valence-electron chi connectivity index (χ0n) is 23.0. The smallest absolute Gasteiger partial charge is 0.261 e. The highest BCUT2D eigenvalue weighted by atomic mass is 79.9. The number of halogens is 1. The van der Waals surface area contributed by atoms with Crippen LogP contribution in [-0.2, 0) is 28.0 Å². The molecule has 202 valence electrons. The minimum atomic E-state index is -0.686. The molecule has 0 aliphatic heterocycles. The van der Waals surface area contributed by atoms with Gasteiger partial charge in [0.15, 0.2) is 6.61 Å². The summed E-state index contributed by atoms with van der Waals surface area (Å²) in [6, 6.07) is 24.8. The number of nitrogens with zero attached hydrogens (tertiary/aromatic N) is 1. The molecule has 3 rings (SSSR count). The highest BCUT2D eigenvalue weighted by Crippen LogP contribution is 2.24. The Kier molecular flexibility index (Phi) is 10.5. The van der Waals surface area contributed by atoms with Crippen LogP contribution in [0.3, 0.4) is 0 Å². The Morgan fingerprint density at radius 3 is 2.13 bits per heavy atom. The Hall–Kier alpha value is -3.12. The van der Waals surface area contributed by atoms with Gasteiger partial charge in [0.05, 0.1) is 0 Å². The monoisotopic (exact) mass is 578 g/mol. The summed E-state index contributed by atoms with van der Waals surface area (Å²) in [7, 11) is 0. The molecule has 0 bridgehead atoms. The molecular formula is C32H39BrN2O3. The van der Waals surface area contributed by atoms with Gasteiger partial charge in [-0.15, -0.1) is 0 Å². The molecule has 3 aromatic carbocycles. The lowest BCUT2D eigenvalue weighted by molar-refractivity contribution is -0.143. The maximum absolute atomic E-state index is 13.7. The van der Waals surface area contributed by atoms with Crippen molar-refractivity contribution in [1.82, 2.24) is 10.2 Å². The molecule has 0 fully saturated rings. The van der Waals surface area contributed by atoms with E-state index in [1.807, 2.05) is 92.7 Å². The van der Waals surface area contributed by atoms with Crippen molar-refractivity contribution in [1.29, 1.82) is 0 Å². The van der Waals surface area contributed by atoms with Crippen LogP contribution in [0.25, 0.3) is 0 Å². The molecule has 0 unspecified atom stereocenters. The second kappa shape index (κ2) is 13.6. The molecule has 2 amide bonds. The van der Waals surface area contributed by atoms with Gasteiger partial charge in [-0.1, -0.05) is 98.2 Å². The predicted molar refractivity (Wildman–Crippen MR) is 157 cm³/mol. The molecule has 6 heteroatoms. The van der Waals surface area contributed by atoms with Crippen molar-refractivity contribution in [2.45, 2.75) is 71.5 Å². The van der Waals surface area contributed by atoms with Crippen LogP contribution in [-0.4, -0.2) is 35.4 Å². The summed E-state index contributed by atoms with van der Waals surface area (Å²) >= 11 is 3.48. The number of benzene rings is 3. The fourth-order valence-electron chi connectivity index (χ4n) is 4.06. The van der Waals surface area contributed by atoms with E-state index in [1.54, 1.807) is 4.90 Å². The van der Waals surface area contributed by atoms with Crippen molar-refractivity contribution < 1.29 is 14.3 Å². The molecule has 5 nitrogen and oxygen atoms in total. The van der Waals surface area contributed by atoms with E-state index in [4.69, 9.17) is 4.74 Å². The summed E-state index contributed by atoms with van der Waals surface area (Å²) < 4.78 is 6.88. The third kappa shape index (κ3) is 8.73. The fraction of sp³-hybridized carbons (Fsp3) is 0.375. The summed E-state index contributed by atoms with van der Waals surface area (Å²) in [4.78, 5) is 28.9. The zero-order valence-corrected chi connectivity index (χ0v) is 24.6. The number of carbonyl (C=O) groups excluding carboxylic acids is 2.